The molecular formula is C22H27ClF2O5. The first-order chi connectivity index (χ1) is 13.8. The Hall–Kier alpha value is -1.15. The fraction of sp³-hybridized carbons (Fsp3) is 0.727. The first-order valence-corrected chi connectivity index (χ1v) is 10.7. The predicted octanol–water partition coefficient (Wildman–Crippen LogP) is 2.41. The van der Waals surface area contributed by atoms with Gasteiger partial charge in [0.05, 0.1) is 11.1 Å². The summed E-state index contributed by atoms with van der Waals surface area (Å²) in [5.41, 5.74) is -7.19. The molecule has 9 atom stereocenters. The van der Waals surface area contributed by atoms with Crippen LogP contribution in [0.3, 0.4) is 0 Å². The van der Waals surface area contributed by atoms with Gasteiger partial charge in [0, 0.05) is 16.7 Å². The van der Waals surface area contributed by atoms with Crippen LogP contribution in [0.25, 0.3) is 0 Å². The lowest BCUT2D eigenvalue weighted by molar-refractivity contribution is -0.223. The molecule has 166 valence electrons. The van der Waals surface area contributed by atoms with Gasteiger partial charge in [0.2, 0.25) is 0 Å². The molecule has 0 aromatic carbocycles. The van der Waals surface area contributed by atoms with Crippen LogP contribution < -0.4 is 0 Å². The summed E-state index contributed by atoms with van der Waals surface area (Å²) in [6.07, 6.45) is -1.28. The highest BCUT2D eigenvalue weighted by molar-refractivity contribution is 6.44. The minimum Gasteiger partial charge on any atom is -0.390 e. The van der Waals surface area contributed by atoms with Gasteiger partial charge in [-0.1, -0.05) is 25.4 Å². The highest BCUT2D eigenvalue weighted by atomic mass is 35.5. The van der Waals surface area contributed by atoms with Gasteiger partial charge >= 0.3 is 0 Å². The van der Waals surface area contributed by atoms with Crippen LogP contribution in [0.1, 0.15) is 40.0 Å². The minimum absolute atomic E-state index is 0.0361. The molecular weight excluding hydrogens is 418 g/mol. The van der Waals surface area contributed by atoms with Gasteiger partial charge in [0.1, 0.15) is 18.4 Å². The Morgan fingerprint density at radius 2 is 1.93 bits per heavy atom. The predicted molar refractivity (Wildman–Crippen MR) is 105 cm³/mol. The van der Waals surface area contributed by atoms with E-state index in [4.69, 9.17) is 11.6 Å². The Balaban J connectivity index is 1.89. The molecule has 3 fully saturated rings. The zero-order chi connectivity index (χ0) is 22.4. The van der Waals surface area contributed by atoms with E-state index in [9.17, 15) is 24.9 Å². The summed E-state index contributed by atoms with van der Waals surface area (Å²) in [6.45, 7) is 3.84. The fourth-order valence-corrected chi connectivity index (χ4v) is 7.58. The van der Waals surface area contributed by atoms with E-state index in [0.717, 1.165) is 6.08 Å². The first kappa shape index (κ1) is 22.1. The van der Waals surface area contributed by atoms with Crippen LogP contribution in [0.15, 0.2) is 22.8 Å². The lowest BCUT2D eigenvalue weighted by atomic mass is 9.44. The summed E-state index contributed by atoms with van der Waals surface area (Å²) in [6, 6.07) is 0. The van der Waals surface area contributed by atoms with Gasteiger partial charge in [0.25, 0.3) is 0 Å². The molecule has 30 heavy (non-hydrogen) atoms. The number of allylic oxidation sites excluding steroid dienone is 4. The smallest absolute Gasteiger partial charge is 0.196 e. The molecule has 4 aliphatic carbocycles. The summed E-state index contributed by atoms with van der Waals surface area (Å²) in [5.74, 6) is -3.59. The number of hydrogen-bond acceptors (Lipinski definition) is 5. The third-order valence-electron chi connectivity index (χ3n) is 8.84. The van der Waals surface area contributed by atoms with Crippen LogP contribution in [0.2, 0.25) is 0 Å². The van der Waals surface area contributed by atoms with Crippen molar-refractivity contribution in [3.63, 3.8) is 0 Å². The number of carbonyl (C=O) groups excluding carboxylic acids is 2. The van der Waals surface area contributed by atoms with Gasteiger partial charge in [-0.3, -0.25) is 9.59 Å². The van der Waals surface area contributed by atoms with Crippen LogP contribution in [0, 0.1) is 28.6 Å². The molecule has 3 N–H and O–H groups in total. The minimum atomic E-state index is -2.33. The number of fused-ring (bicyclic) bond motifs is 5. The number of ketones is 2. The van der Waals surface area contributed by atoms with Gasteiger partial charge in [0.15, 0.2) is 17.2 Å². The molecule has 0 aliphatic heterocycles. The zero-order valence-electron chi connectivity index (χ0n) is 17.2. The van der Waals surface area contributed by atoms with E-state index < -0.39 is 70.3 Å². The molecule has 3 saturated carbocycles. The molecule has 0 saturated heterocycles. The summed E-state index contributed by atoms with van der Waals surface area (Å²) in [5, 5.41) is 31.7. The molecule has 0 spiro atoms. The molecule has 0 bridgehead atoms. The van der Waals surface area contributed by atoms with Crippen molar-refractivity contribution in [1.82, 2.24) is 0 Å². The highest BCUT2D eigenvalue weighted by Gasteiger charge is 2.76. The quantitative estimate of drug-likeness (QED) is 0.608. The second-order valence-electron chi connectivity index (χ2n) is 9.96. The van der Waals surface area contributed by atoms with Crippen molar-refractivity contribution in [3.8, 4) is 0 Å². The van der Waals surface area contributed by atoms with E-state index in [1.165, 1.54) is 13.0 Å². The summed E-state index contributed by atoms with van der Waals surface area (Å²) in [4.78, 5) is 24.6. The van der Waals surface area contributed by atoms with Crippen molar-refractivity contribution >= 4 is 23.2 Å². The number of Topliss-reactive ketones (excluding diaryl/α,β-unsaturated/α-hetero) is 1. The molecule has 8 heteroatoms. The summed E-state index contributed by atoms with van der Waals surface area (Å²) >= 11 is 6.02. The second kappa shape index (κ2) is 6.44. The van der Waals surface area contributed by atoms with Crippen molar-refractivity contribution in [1.29, 1.82) is 0 Å². The maximum atomic E-state index is 17.0. The van der Waals surface area contributed by atoms with E-state index in [-0.39, 0.29) is 29.9 Å². The SMILES string of the molecule is C[C@@H]1C[C@H]2[C@@H]3C[C@@H](F)C4=CC(=O)C(Cl)=C[C@]4(C)[C@@]3(F)[C@@H](O)C[C@]2(C)[C@@]1(O)C(=O)CO. The average Bonchev–Trinajstić information content (AvgIpc) is 2.87. The number of aliphatic hydroxyl groups excluding tert-OH is 2. The number of aliphatic hydroxyl groups is 3. The number of carbonyl (C=O) groups is 2. The topological polar surface area (TPSA) is 94.8 Å². The Labute approximate surface area is 178 Å². The van der Waals surface area contributed by atoms with Crippen molar-refractivity contribution in [2.75, 3.05) is 6.61 Å². The Morgan fingerprint density at radius 1 is 1.30 bits per heavy atom. The Morgan fingerprint density at radius 3 is 2.53 bits per heavy atom. The third kappa shape index (κ3) is 2.27. The highest BCUT2D eigenvalue weighted by Crippen LogP contribution is 2.71. The maximum absolute atomic E-state index is 17.0. The third-order valence-corrected chi connectivity index (χ3v) is 9.13. The summed E-state index contributed by atoms with van der Waals surface area (Å²) < 4.78 is 32.3. The van der Waals surface area contributed by atoms with Crippen molar-refractivity contribution in [2.45, 2.75) is 63.6 Å². The first-order valence-electron chi connectivity index (χ1n) is 10.3. The van der Waals surface area contributed by atoms with Gasteiger partial charge in [-0.25, -0.2) is 8.78 Å². The number of alkyl halides is 2. The molecule has 0 amide bonds. The second-order valence-corrected chi connectivity index (χ2v) is 10.4. The van der Waals surface area contributed by atoms with Crippen LogP contribution >= 0.6 is 11.6 Å². The number of rotatable bonds is 2. The zero-order valence-corrected chi connectivity index (χ0v) is 17.9. The van der Waals surface area contributed by atoms with Crippen LogP contribution in [0.5, 0.6) is 0 Å². The molecule has 5 nitrogen and oxygen atoms in total. The van der Waals surface area contributed by atoms with E-state index in [2.05, 4.69) is 0 Å². The molecule has 0 radical (unpaired) electrons. The number of hydrogen-bond donors (Lipinski definition) is 3. The van der Waals surface area contributed by atoms with Gasteiger partial charge < -0.3 is 15.3 Å². The van der Waals surface area contributed by atoms with Crippen molar-refractivity contribution in [2.24, 2.45) is 28.6 Å². The monoisotopic (exact) mass is 444 g/mol. The fourth-order valence-electron chi connectivity index (χ4n) is 7.31. The van der Waals surface area contributed by atoms with Gasteiger partial charge in [-0.15, -0.1) is 0 Å². The average molecular weight is 445 g/mol. The summed E-state index contributed by atoms with van der Waals surface area (Å²) in [7, 11) is 0. The van der Waals surface area contributed by atoms with Crippen molar-refractivity contribution < 1.29 is 33.7 Å². The molecule has 0 unspecified atom stereocenters. The Bertz CT molecular complexity index is 889. The van der Waals surface area contributed by atoms with E-state index >= 15 is 8.78 Å². The lowest BCUT2D eigenvalue weighted by Gasteiger charge is -2.63. The van der Waals surface area contributed by atoms with E-state index in [0.29, 0.717) is 0 Å². The number of halogens is 3. The van der Waals surface area contributed by atoms with Crippen molar-refractivity contribution in [3.05, 3.63) is 22.8 Å². The van der Waals surface area contributed by atoms with E-state index in [1.807, 2.05) is 0 Å². The van der Waals surface area contributed by atoms with Crippen LogP contribution in [-0.4, -0.2) is 57.0 Å². The largest absolute Gasteiger partial charge is 0.390 e. The standard InChI is InChI=1S/C22H27ClF2O5/c1-10-4-11-12-5-15(24)13-6-16(27)14(23)7-19(13,2)21(12,25)17(28)8-20(11,3)22(10,30)18(29)9-26/h6-7,10-12,15,17,26,28,30H,4-5,8-9H2,1-3H3/t10-,11+,12+,15-,17+,19+,20+,21+,22+/m1/s1. The Kier molecular flexibility index (Phi) is 4.73. The molecule has 0 aromatic rings. The van der Waals surface area contributed by atoms with Crippen LogP contribution in [-0.2, 0) is 9.59 Å². The molecule has 4 aliphatic rings. The van der Waals surface area contributed by atoms with Gasteiger partial charge in [-0.05, 0) is 55.7 Å². The maximum Gasteiger partial charge on any atom is 0.196 e. The van der Waals surface area contributed by atoms with Gasteiger partial charge in [-0.2, -0.15) is 0 Å². The molecule has 0 heterocycles. The lowest BCUT2D eigenvalue weighted by Crippen LogP contribution is -2.70. The van der Waals surface area contributed by atoms with E-state index in [1.54, 1.807) is 13.8 Å². The normalized spacial score (nSPS) is 52.7. The molecule has 0 aromatic heterocycles. The van der Waals surface area contributed by atoms with Crippen LogP contribution in [0.4, 0.5) is 8.78 Å². The molecule has 4 rings (SSSR count).